The lowest BCUT2D eigenvalue weighted by molar-refractivity contribution is -0.125. The van der Waals surface area contributed by atoms with Crippen molar-refractivity contribution in [2.75, 3.05) is 6.54 Å². The summed E-state index contributed by atoms with van der Waals surface area (Å²) in [5.41, 5.74) is 0. The van der Waals surface area contributed by atoms with E-state index >= 15 is 0 Å². The zero-order chi connectivity index (χ0) is 9.90. The van der Waals surface area contributed by atoms with Gasteiger partial charge in [0.1, 0.15) is 0 Å². The molecule has 0 aliphatic carbocycles. The standard InChI is InChI=1S/C5H8F3N5/c1-13-11-4(10-12-13)2-9-3-5(6,7)8/h9H,2-3H2,1H3. The van der Waals surface area contributed by atoms with Gasteiger partial charge in [0.25, 0.3) is 0 Å². The molecule has 0 atom stereocenters. The number of hydrogen-bond acceptors (Lipinski definition) is 4. The van der Waals surface area contributed by atoms with Crippen molar-refractivity contribution in [3.05, 3.63) is 5.82 Å². The van der Waals surface area contributed by atoms with E-state index < -0.39 is 12.7 Å². The minimum absolute atomic E-state index is 0.0344. The van der Waals surface area contributed by atoms with Crippen LogP contribution in [0.3, 0.4) is 0 Å². The minimum atomic E-state index is -4.21. The summed E-state index contributed by atoms with van der Waals surface area (Å²) in [6.07, 6.45) is -4.21. The number of alkyl halides is 3. The molecule has 0 aromatic carbocycles. The van der Waals surface area contributed by atoms with Gasteiger partial charge in [0.15, 0.2) is 5.82 Å². The third-order valence-electron chi connectivity index (χ3n) is 1.16. The summed E-state index contributed by atoms with van der Waals surface area (Å²) in [7, 11) is 1.54. The summed E-state index contributed by atoms with van der Waals surface area (Å²) in [6, 6.07) is 0. The lowest BCUT2D eigenvalue weighted by atomic mass is 10.5. The van der Waals surface area contributed by atoms with Crippen molar-refractivity contribution in [2.45, 2.75) is 12.7 Å². The SMILES string of the molecule is Cn1nnc(CNCC(F)(F)F)n1. The van der Waals surface area contributed by atoms with Gasteiger partial charge >= 0.3 is 6.18 Å². The first-order valence-corrected chi connectivity index (χ1v) is 3.48. The third kappa shape index (κ3) is 3.83. The average molecular weight is 195 g/mol. The molecule has 0 unspecified atom stereocenters. The molecule has 0 spiro atoms. The second kappa shape index (κ2) is 3.69. The van der Waals surface area contributed by atoms with Gasteiger partial charge in [-0.05, 0) is 5.21 Å². The molecule has 1 heterocycles. The Morgan fingerprint density at radius 2 is 2.15 bits per heavy atom. The molecule has 13 heavy (non-hydrogen) atoms. The molecule has 0 saturated carbocycles. The van der Waals surface area contributed by atoms with E-state index in [2.05, 4.69) is 20.7 Å². The Balaban J connectivity index is 2.28. The Labute approximate surface area is 71.9 Å². The fourth-order valence-electron chi connectivity index (χ4n) is 0.710. The number of rotatable bonds is 3. The largest absolute Gasteiger partial charge is 0.401 e. The minimum Gasteiger partial charge on any atom is -0.302 e. The van der Waals surface area contributed by atoms with E-state index in [9.17, 15) is 13.2 Å². The highest BCUT2D eigenvalue weighted by Crippen LogP contribution is 2.12. The third-order valence-corrected chi connectivity index (χ3v) is 1.16. The van der Waals surface area contributed by atoms with Gasteiger partial charge in [-0.2, -0.15) is 18.0 Å². The summed E-state index contributed by atoms with van der Waals surface area (Å²) in [5, 5.41) is 12.8. The predicted octanol–water partition coefficient (Wildman–Crippen LogP) is -0.138. The molecule has 1 aromatic heterocycles. The molecular formula is C5H8F3N5. The number of halogens is 3. The van der Waals surface area contributed by atoms with Crippen LogP contribution in [-0.4, -0.2) is 32.9 Å². The Kier molecular flexibility index (Phi) is 2.81. The average Bonchev–Trinajstić information content (AvgIpc) is 2.33. The highest BCUT2D eigenvalue weighted by atomic mass is 19.4. The monoisotopic (exact) mass is 195 g/mol. The molecular weight excluding hydrogens is 187 g/mol. The summed E-state index contributed by atoms with van der Waals surface area (Å²) in [5.74, 6) is 0.242. The normalized spacial score (nSPS) is 12.0. The molecule has 0 aliphatic rings. The first-order valence-electron chi connectivity index (χ1n) is 3.48. The number of nitrogens with zero attached hydrogens (tertiary/aromatic N) is 4. The van der Waals surface area contributed by atoms with Crippen molar-refractivity contribution in [3.8, 4) is 0 Å². The highest BCUT2D eigenvalue weighted by Gasteiger charge is 2.26. The maximum atomic E-state index is 11.6. The zero-order valence-electron chi connectivity index (χ0n) is 6.84. The fraction of sp³-hybridized carbons (Fsp3) is 0.800. The van der Waals surface area contributed by atoms with Gasteiger partial charge in [0, 0.05) is 0 Å². The molecule has 0 bridgehead atoms. The predicted molar refractivity (Wildman–Crippen MR) is 36.6 cm³/mol. The maximum Gasteiger partial charge on any atom is 0.401 e. The molecule has 0 aliphatic heterocycles. The molecule has 0 saturated heterocycles. The van der Waals surface area contributed by atoms with Gasteiger partial charge in [-0.25, -0.2) is 0 Å². The lowest BCUT2D eigenvalue weighted by Gasteiger charge is -2.05. The summed E-state index contributed by atoms with van der Waals surface area (Å²) >= 11 is 0. The van der Waals surface area contributed by atoms with Crippen LogP contribution >= 0.6 is 0 Å². The first kappa shape index (κ1) is 9.90. The second-order valence-electron chi connectivity index (χ2n) is 2.41. The molecule has 74 valence electrons. The molecule has 0 radical (unpaired) electrons. The Morgan fingerprint density at radius 1 is 1.46 bits per heavy atom. The van der Waals surface area contributed by atoms with Crippen LogP contribution in [0.15, 0.2) is 0 Å². The van der Waals surface area contributed by atoms with Crippen molar-refractivity contribution in [2.24, 2.45) is 7.05 Å². The molecule has 0 amide bonds. The van der Waals surface area contributed by atoms with Crippen molar-refractivity contribution in [3.63, 3.8) is 0 Å². The van der Waals surface area contributed by atoms with E-state index in [1.165, 1.54) is 4.80 Å². The second-order valence-corrected chi connectivity index (χ2v) is 2.41. The Hall–Kier alpha value is -1.18. The van der Waals surface area contributed by atoms with Crippen LogP contribution in [0.1, 0.15) is 5.82 Å². The van der Waals surface area contributed by atoms with E-state index in [-0.39, 0.29) is 12.4 Å². The van der Waals surface area contributed by atoms with Crippen LogP contribution in [0.25, 0.3) is 0 Å². The van der Waals surface area contributed by atoms with Crippen LogP contribution < -0.4 is 5.32 Å². The van der Waals surface area contributed by atoms with Crippen molar-refractivity contribution in [1.29, 1.82) is 0 Å². The molecule has 0 fully saturated rings. The molecule has 1 rings (SSSR count). The van der Waals surface area contributed by atoms with Crippen LogP contribution in [0.4, 0.5) is 13.2 Å². The lowest BCUT2D eigenvalue weighted by Crippen LogP contribution is -2.28. The van der Waals surface area contributed by atoms with Crippen molar-refractivity contribution in [1.82, 2.24) is 25.5 Å². The number of aryl methyl sites for hydroxylation is 1. The molecule has 1 aromatic rings. The highest BCUT2D eigenvalue weighted by molar-refractivity contribution is 4.75. The van der Waals surface area contributed by atoms with Gasteiger partial charge in [0.2, 0.25) is 0 Å². The first-order chi connectivity index (χ1) is 5.97. The maximum absolute atomic E-state index is 11.6. The summed E-state index contributed by atoms with van der Waals surface area (Å²) in [4.78, 5) is 1.19. The van der Waals surface area contributed by atoms with Crippen LogP contribution in [-0.2, 0) is 13.6 Å². The summed E-state index contributed by atoms with van der Waals surface area (Å²) in [6.45, 7) is -1.08. The van der Waals surface area contributed by atoms with Crippen molar-refractivity contribution >= 4 is 0 Å². The molecule has 5 nitrogen and oxygen atoms in total. The number of tetrazole rings is 1. The number of nitrogens with one attached hydrogen (secondary N) is 1. The number of aromatic nitrogens is 4. The van der Waals surface area contributed by atoms with E-state index in [4.69, 9.17) is 0 Å². The zero-order valence-corrected chi connectivity index (χ0v) is 6.84. The van der Waals surface area contributed by atoms with E-state index in [0.717, 1.165) is 0 Å². The van der Waals surface area contributed by atoms with E-state index in [1.807, 2.05) is 0 Å². The van der Waals surface area contributed by atoms with Crippen LogP contribution in [0, 0.1) is 0 Å². The van der Waals surface area contributed by atoms with Gasteiger partial charge in [-0.15, -0.1) is 10.2 Å². The van der Waals surface area contributed by atoms with Gasteiger partial charge in [0.05, 0.1) is 20.1 Å². The number of hydrogen-bond donors (Lipinski definition) is 1. The topological polar surface area (TPSA) is 55.6 Å². The Bertz CT molecular complexity index is 267. The molecule has 8 heteroatoms. The molecule has 1 N–H and O–H groups in total. The van der Waals surface area contributed by atoms with Gasteiger partial charge in [-0.3, -0.25) is 0 Å². The van der Waals surface area contributed by atoms with Crippen LogP contribution in [0.5, 0.6) is 0 Å². The Morgan fingerprint density at radius 3 is 2.62 bits per heavy atom. The van der Waals surface area contributed by atoms with Crippen LogP contribution in [0.2, 0.25) is 0 Å². The van der Waals surface area contributed by atoms with Gasteiger partial charge in [-0.1, -0.05) is 0 Å². The van der Waals surface area contributed by atoms with E-state index in [0.29, 0.717) is 0 Å². The van der Waals surface area contributed by atoms with Gasteiger partial charge < -0.3 is 5.32 Å². The quantitative estimate of drug-likeness (QED) is 0.729. The fourth-order valence-corrected chi connectivity index (χ4v) is 0.710. The van der Waals surface area contributed by atoms with Crippen molar-refractivity contribution < 1.29 is 13.2 Å². The smallest absolute Gasteiger partial charge is 0.302 e. The summed E-state index contributed by atoms with van der Waals surface area (Å²) < 4.78 is 34.9. The van der Waals surface area contributed by atoms with E-state index in [1.54, 1.807) is 7.05 Å².